The number of carbonyl (C=O) groups is 2. The van der Waals surface area contributed by atoms with Gasteiger partial charge in [-0.3, -0.25) is 4.79 Å². The third-order valence-electron chi connectivity index (χ3n) is 4.96. The van der Waals surface area contributed by atoms with Crippen molar-refractivity contribution in [1.82, 2.24) is 0 Å². The van der Waals surface area contributed by atoms with Gasteiger partial charge in [-0.15, -0.1) is 11.3 Å². The maximum atomic E-state index is 12.9. The van der Waals surface area contributed by atoms with E-state index in [2.05, 4.69) is 5.32 Å². The third-order valence-corrected chi connectivity index (χ3v) is 6.17. The lowest BCUT2D eigenvalue weighted by Gasteiger charge is -2.13. The standard InChI is InChI=1S/C21H25NO3S/c1-5-25-21(24)18-15-8-6-7-9-17(15)26-20(18)22-19(23)16-11-13(3)12(2)10-14(16)4/h10-11H,5-9H2,1-4H3,(H,22,23). The van der Waals surface area contributed by atoms with E-state index in [9.17, 15) is 9.59 Å². The average molecular weight is 372 g/mol. The predicted octanol–water partition coefficient (Wildman–Crippen LogP) is 4.98. The maximum absolute atomic E-state index is 12.9. The zero-order valence-corrected chi connectivity index (χ0v) is 16.6. The summed E-state index contributed by atoms with van der Waals surface area (Å²) in [6, 6.07) is 3.94. The molecule has 0 aliphatic heterocycles. The summed E-state index contributed by atoms with van der Waals surface area (Å²) >= 11 is 1.52. The summed E-state index contributed by atoms with van der Waals surface area (Å²) in [5.41, 5.74) is 5.45. The SMILES string of the molecule is CCOC(=O)c1c(NC(=O)c2cc(C)c(C)cc2C)sc2c1CCCC2. The molecule has 1 N–H and O–H groups in total. The second-order valence-corrected chi connectivity index (χ2v) is 7.95. The van der Waals surface area contributed by atoms with Crippen molar-refractivity contribution >= 4 is 28.2 Å². The van der Waals surface area contributed by atoms with Crippen molar-refractivity contribution in [1.29, 1.82) is 0 Å². The molecule has 0 spiro atoms. The van der Waals surface area contributed by atoms with Crippen LogP contribution in [0.1, 0.15) is 67.6 Å². The van der Waals surface area contributed by atoms with Crippen LogP contribution in [0, 0.1) is 20.8 Å². The Kier molecular flexibility index (Phi) is 5.47. The van der Waals surface area contributed by atoms with E-state index < -0.39 is 0 Å². The van der Waals surface area contributed by atoms with Crippen LogP contribution < -0.4 is 5.32 Å². The smallest absolute Gasteiger partial charge is 0.341 e. The van der Waals surface area contributed by atoms with Crippen LogP contribution in [-0.2, 0) is 17.6 Å². The Morgan fingerprint density at radius 2 is 1.77 bits per heavy atom. The number of anilines is 1. The first-order valence-corrected chi connectivity index (χ1v) is 9.94. The van der Waals surface area contributed by atoms with Crippen molar-refractivity contribution in [3.63, 3.8) is 0 Å². The fourth-order valence-electron chi connectivity index (χ4n) is 3.45. The van der Waals surface area contributed by atoms with Gasteiger partial charge in [-0.25, -0.2) is 4.79 Å². The molecule has 1 amide bonds. The Labute approximate surface area is 158 Å². The highest BCUT2D eigenvalue weighted by Gasteiger charge is 2.27. The number of benzene rings is 1. The van der Waals surface area contributed by atoms with Gasteiger partial charge in [0, 0.05) is 10.4 Å². The minimum atomic E-state index is -0.334. The quantitative estimate of drug-likeness (QED) is 0.771. The van der Waals surface area contributed by atoms with Crippen LogP contribution in [-0.4, -0.2) is 18.5 Å². The van der Waals surface area contributed by atoms with Gasteiger partial charge in [0.15, 0.2) is 0 Å². The molecule has 1 heterocycles. The minimum absolute atomic E-state index is 0.172. The molecule has 4 nitrogen and oxygen atoms in total. The molecule has 0 unspecified atom stereocenters. The number of rotatable bonds is 4. The molecular weight excluding hydrogens is 346 g/mol. The molecule has 0 fully saturated rings. The maximum Gasteiger partial charge on any atom is 0.341 e. The molecule has 26 heavy (non-hydrogen) atoms. The summed E-state index contributed by atoms with van der Waals surface area (Å²) in [5, 5.41) is 3.61. The normalized spacial score (nSPS) is 13.2. The van der Waals surface area contributed by atoms with Gasteiger partial charge in [-0.2, -0.15) is 0 Å². The highest BCUT2D eigenvalue weighted by molar-refractivity contribution is 7.17. The Balaban J connectivity index is 1.97. The van der Waals surface area contributed by atoms with Gasteiger partial charge in [0.05, 0.1) is 12.2 Å². The predicted molar refractivity (Wildman–Crippen MR) is 106 cm³/mol. The molecule has 0 saturated heterocycles. The van der Waals surface area contributed by atoms with Gasteiger partial charge >= 0.3 is 5.97 Å². The average Bonchev–Trinajstić information content (AvgIpc) is 2.96. The van der Waals surface area contributed by atoms with E-state index in [1.165, 1.54) is 16.2 Å². The van der Waals surface area contributed by atoms with E-state index in [1.54, 1.807) is 6.92 Å². The van der Waals surface area contributed by atoms with E-state index in [-0.39, 0.29) is 11.9 Å². The minimum Gasteiger partial charge on any atom is -0.462 e. The molecule has 1 aromatic heterocycles. The van der Waals surface area contributed by atoms with Crippen LogP contribution >= 0.6 is 11.3 Å². The summed E-state index contributed by atoms with van der Waals surface area (Å²) in [4.78, 5) is 26.6. The molecule has 0 atom stereocenters. The fraction of sp³-hybridized carbons (Fsp3) is 0.429. The number of thiophene rings is 1. The van der Waals surface area contributed by atoms with Crippen LogP contribution in [0.2, 0.25) is 0 Å². The van der Waals surface area contributed by atoms with Crippen LogP contribution in [0.15, 0.2) is 12.1 Å². The second kappa shape index (κ2) is 7.62. The van der Waals surface area contributed by atoms with Crippen molar-refractivity contribution in [2.45, 2.75) is 53.4 Å². The molecule has 138 valence electrons. The Morgan fingerprint density at radius 1 is 1.08 bits per heavy atom. The fourth-order valence-corrected chi connectivity index (χ4v) is 4.72. The molecule has 0 radical (unpaired) electrons. The lowest BCUT2D eigenvalue weighted by molar-refractivity contribution is 0.0526. The monoisotopic (exact) mass is 371 g/mol. The molecule has 3 rings (SSSR count). The van der Waals surface area contributed by atoms with Crippen molar-refractivity contribution in [3.8, 4) is 0 Å². The summed E-state index contributed by atoms with van der Waals surface area (Å²) in [5.74, 6) is -0.506. The lowest BCUT2D eigenvalue weighted by Crippen LogP contribution is -2.17. The molecule has 5 heteroatoms. The molecule has 1 aromatic carbocycles. The van der Waals surface area contributed by atoms with Gasteiger partial charge in [0.25, 0.3) is 5.91 Å². The number of carbonyl (C=O) groups excluding carboxylic acids is 2. The first-order chi connectivity index (χ1) is 12.4. The van der Waals surface area contributed by atoms with Crippen LogP contribution in [0.4, 0.5) is 5.00 Å². The Hall–Kier alpha value is -2.14. The van der Waals surface area contributed by atoms with Gasteiger partial charge in [0.2, 0.25) is 0 Å². The van der Waals surface area contributed by atoms with Crippen LogP contribution in [0.5, 0.6) is 0 Å². The highest BCUT2D eigenvalue weighted by Crippen LogP contribution is 2.39. The van der Waals surface area contributed by atoms with E-state index in [1.807, 2.05) is 32.9 Å². The topological polar surface area (TPSA) is 55.4 Å². The number of nitrogens with one attached hydrogen (secondary N) is 1. The zero-order valence-electron chi connectivity index (χ0n) is 15.8. The van der Waals surface area contributed by atoms with Crippen molar-refractivity contribution in [3.05, 3.63) is 50.4 Å². The number of hydrogen-bond acceptors (Lipinski definition) is 4. The van der Waals surface area contributed by atoms with Crippen LogP contribution in [0.3, 0.4) is 0 Å². The first-order valence-electron chi connectivity index (χ1n) is 9.13. The first kappa shape index (κ1) is 18.6. The second-order valence-electron chi connectivity index (χ2n) is 6.84. The molecule has 0 saturated carbocycles. The Morgan fingerprint density at radius 3 is 2.50 bits per heavy atom. The summed E-state index contributed by atoms with van der Waals surface area (Å²) in [6.07, 6.45) is 4.03. The lowest BCUT2D eigenvalue weighted by atomic mass is 9.95. The van der Waals surface area contributed by atoms with E-state index in [0.717, 1.165) is 47.9 Å². The highest BCUT2D eigenvalue weighted by atomic mass is 32.1. The summed E-state index contributed by atoms with van der Waals surface area (Å²) in [7, 11) is 0. The number of esters is 1. The summed E-state index contributed by atoms with van der Waals surface area (Å²) in [6.45, 7) is 8.10. The van der Waals surface area contributed by atoms with Gasteiger partial charge < -0.3 is 10.1 Å². The number of ether oxygens (including phenoxy) is 1. The van der Waals surface area contributed by atoms with Crippen molar-refractivity contribution in [2.24, 2.45) is 0 Å². The van der Waals surface area contributed by atoms with Crippen LogP contribution in [0.25, 0.3) is 0 Å². The van der Waals surface area contributed by atoms with Crippen molar-refractivity contribution in [2.75, 3.05) is 11.9 Å². The van der Waals surface area contributed by atoms with E-state index in [4.69, 9.17) is 4.74 Å². The molecule has 0 bridgehead atoms. The molecule has 1 aliphatic rings. The van der Waals surface area contributed by atoms with E-state index >= 15 is 0 Å². The summed E-state index contributed by atoms with van der Waals surface area (Å²) < 4.78 is 5.26. The Bertz CT molecular complexity index is 867. The largest absolute Gasteiger partial charge is 0.462 e. The van der Waals surface area contributed by atoms with Gasteiger partial charge in [-0.1, -0.05) is 6.07 Å². The van der Waals surface area contributed by atoms with Gasteiger partial charge in [0.1, 0.15) is 5.00 Å². The van der Waals surface area contributed by atoms with Crippen molar-refractivity contribution < 1.29 is 14.3 Å². The molecule has 2 aromatic rings. The third kappa shape index (κ3) is 3.54. The zero-order chi connectivity index (χ0) is 18.8. The number of hydrogen-bond donors (Lipinski definition) is 1. The number of fused-ring (bicyclic) bond motifs is 1. The molecular formula is C21H25NO3S. The van der Waals surface area contributed by atoms with E-state index in [0.29, 0.717) is 22.7 Å². The van der Waals surface area contributed by atoms with Gasteiger partial charge in [-0.05, 0) is 81.7 Å². The molecule has 1 aliphatic carbocycles. The number of aryl methyl sites for hydroxylation is 4. The number of amides is 1.